The maximum Gasteiger partial charge on any atom is 0.163 e. The Kier molecular flexibility index (Phi) is 8.53. The minimum absolute atomic E-state index is 0.141. The van der Waals surface area contributed by atoms with Crippen LogP contribution in [0.5, 0.6) is 5.75 Å². The van der Waals surface area contributed by atoms with Crippen LogP contribution in [0.15, 0.2) is 36.5 Å². The van der Waals surface area contributed by atoms with Crippen LogP contribution in [0.4, 0.5) is 5.69 Å². The first-order valence-electron chi connectivity index (χ1n) is 12.4. The van der Waals surface area contributed by atoms with Crippen molar-refractivity contribution >= 4 is 45.6 Å². The molecule has 1 saturated heterocycles. The predicted octanol–water partition coefficient (Wildman–Crippen LogP) is 7.36. The average Bonchev–Trinajstić information content (AvgIpc) is 3.36. The molecular formula is C28H33Cl2N3O2. The Morgan fingerprint density at radius 1 is 1.03 bits per heavy atom. The van der Waals surface area contributed by atoms with Gasteiger partial charge < -0.3 is 15.7 Å². The lowest BCUT2D eigenvalue weighted by Gasteiger charge is -2.26. The van der Waals surface area contributed by atoms with Gasteiger partial charge >= 0.3 is 0 Å². The minimum Gasteiger partial charge on any atom is -0.505 e. The Labute approximate surface area is 217 Å². The second-order valence-corrected chi connectivity index (χ2v) is 10.5. The molecule has 0 atom stereocenters. The molecule has 0 spiro atoms. The number of benzene rings is 2. The molecule has 2 fully saturated rings. The molecule has 7 heteroatoms. The number of nitrogen functional groups attached to an aromatic ring is 1. The number of ketones is 1. The predicted molar refractivity (Wildman–Crippen MR) is 146 cm³/mol. The largest absolute Gasteiger partial charge is 0.505 e. The maximum atomic E-state index is 11.6. The fourth-order valence-corrected chi connectivity index (χ4v) is 5.59. The van der Waals surface area contributed by atoms with Crippen LogP contribution >= 0.6 is 23.2 Å². The Hall–Kier alpha value is -2.34. The fraction of sp³-hybridized carbons (Fsp3) is 0.429. The van der Waals surface area contributed by atoms with Crippen molar-refractivity contribution in [3.8, 4) is 16.9 Å². The van der Waals surface area contributed by atoms with Crippen LogP contribution < -0.4 is 5.73 Å². The van der Waals surface area contributed by atoms with Crippen molar-refractivity contribution in [1.82, 2.24) is 9.88 Å². The highest BCUT2D eigenvalue weighted by Crippen LogP contribution is 2.37. The second-order valence-electron chi connectivity index (χ2n) is 9.67. The lowest BCUT2D eigenvalue weighted by molar-refractivity contribution is 0.101. The number of hydrogen-bond acceptors (Lipinski definition) is 5. The van der Waals surface area contributed by atoms with Gasteiger partial charge in [-0.05, 0) is 87.0 Å². The smallest absolute Gasteiger partial charge is 0.163 e. The number of carbonyl (C=O) groups is 1. The number of aromatic hydroxyl groups is 1. The number of rotatable bonds is 4. The van der Waals surface area contributed by atoms with Gasteiger partial charge in [-0.15, -0.1) is 0 Å². The molecule has 0 amide bonds. The molecular weight excluding hydrogens is 481 g/mol. The Bertz CT molecular complexity index is 1180. The summed E-state index contributed by atoms with van der Waals surface area (Å²) in [6.07, 6.45) is 11.9. The molecule has 1 aliphatic heterocycles. The highest BCUT2D eigenvalue weighted by atomic mass is 35.5. The van der Waals surface area contributed by atoms with E-state index in [1.54, 1.807) is 18.2 Å². The number of hydrogen-bond donors (Lipinski definition) is 2. The standard InChI is InChI=1S/C17H12Cl2N2O2.C11H21N/c1-8(22)12-7-21-15-3-2-9(4-11(15)16(12)20)10-5-13(18)17(23)14(19)6-10;1-2-6-11(7-3-1)10-12-8-4-5-9-12/h2-7,23H,1H3,(H2,20,21);11H,1-10H2. The first kappa shape index (κ1) is 25.7. The highest BCUT2D eigenvalue weighted by molar-refractivity contribution is 6.37. The Balaban J connectivity index is 0.000000201. The van der Waals surface area contributed by atoms with E-state index in [4.69, 9.17) is 28.9 Å². The second kappa shape index (κ2) is 11.6. The monoisotopic (exact) mass is 513 g/mol. The van der Waals surface area contributed by atoms with Gasteiger partial charge in [-0.3, -0.25) is 9.78 Å². The molecule has 0 bridgehead atoms. The van der Waals surface area contributed by atoms with Crippen LogP contribution in [0.2, 0.25) is 10.0 Å². The summed E-state index contributed by atoms with van der Waals surface area (Å²) in [6.45, 7) is 5.63. The van der Waals surface area contributed by atoms with Gasteiger partial charge in [0, 0.05) is 18.1 Å². The number of phenols is 1. The van der Waals surface area contributed by atoms with Gasteiger partial charge in [-0.25, -0.2) is 0 Å². The lowest BCUT2D eigenvalue weighted by Crippen LogP contribution is -2.27. The molecule has 3 N–H and O–H groups in total. The van der Waals surface area contributed by atoms with Crippen molar-refractivity contribution in [2.24, 2.45) is 5.92 Å². The highest BCUT2D eigenvalue weighted by Gasteiger charge is 2.19. The zero-order valence-corrected chi connectivity index (χ0v) is 21.7. The summed E-state index contributed by atoms with van der Waals surface area (Å²) in [5.41, 5.74) is 9.09. The number of aromatic nitrogens is 1. The number of nitrogens with zero attached hydrogens (tertiary/aromatic N) is 2. The molecule has 5 nitrogen and oxygen atoms in total. The van der Waals surface area contributed by atoms with E-state index in [1.165, 1.54) is 77.7 Å². The van der Waals surface area contributed by atoms with Crippen LogP contribution in [0.3, 0.4) is 0 Å². The number of phenolic OH excluding ortho intramolecular Hbond substituents is 1. The van der Waals surface area contributed by atoms with E-state index in [0.29, 0.717) is 22.2 Å². The van der Waals surface area contributed by atoms with Crippen LogP contribution in [-0.2, 0) is 0 Å². The van der Waals surface area contributed by atoms with E-state index in [0.717, 1.165) is 17.0 Å². The van der Waals surface area contributed by atoms with Gasteiger partial charge in [-0.2, -0.15) is 0 Å². The van der Waals surface area contributed by atoms with Crippen molar-refractivity contribution in [3.63, 3.8) is 0 Å². The molecule has 2 aliphatic rings. The SMILES string of the molecule is C1CCC(CN2CCCC2)CC1.CC(=O)c1cnc2ccc(-c3cc(Cl)c(O)c(Cl)c3)cc2c1N. The summed E-state index contributed by atoms with van der Waals surface area (Å²) in [5, 5.41) is 10.7. The lowest BCUT2D eigenvalue weighted by atomic mass is 9.89. The molecule has 1 aliphatic carbocycles. The summed E-state index contributed by atoms with van der Waals surface area (Å²) in [6, 6.07) is 8.70. The van der Waals surface area contributed by atoms with Crippen molar-refractivity contribution in [2.75, 3.05) is 25.4 Å². The Morgan fingerprint density at radius 2 is 1.69 bits per heavy atom. The number of halogens is 2. The van der Waals surface area contributed by atoms with Gasteiger partial charge in [0.15, 0.2) is 11.5 Å². The van der Waals surface area contributed by atoms with E-state index in [-0.39, 0.29) is 21.6 Å². The van der Waals surface area contributed by atoms with Gasteiger partial charge in [0.2, 0.25) is 0 Å². The summed E-state index contributed by atoms with van der Waals surface area (Å²) in [7, 11) is 0. The summed E-state index contributed by atoms with van der Waals surface area (Å²) < 4.78 is 0. The number of carbonyl (C=O) groups excluding carboxylic acids is 1. The van der Waals surface area contributed by atoms with Crippen LogP contribution in [-0.4, -0.2) is 40.4 Å². The van der Waals surface area contributed by atoms with E-state index in [2.05, 4.69) is 9.88 Å². The first-order valence-corrected chi connectivity index (χ1v) is 13.2. The summed E-state index contributed by atoms with van der Waals surface area (Å²) in [4.78, 5) is 18.5. The molecule has 1 saturated carbocycles. The van der Waals surface area contributed by atoms with Gasteiger partial charge in [-0.1, -0.05) is 48.5 Å². The number of nitrogens with two attached hydrogens (primary N) is 1. The molecule has 0 radical (unpaired) electrons. The van der Waals surface area contributed by atoms with Crippen molar-refractivity contribution in [2.45, 2.75) is 51.9 Å². The first-order chi connectivity index (χ1) is 16.8. The maximum absolute atomic E-state index is 11.6. The average molecular weight is 514 g/mol. The van der Waals surface area contributed by atoms with Gasteiger partial charge in [0.05, 0.1) is 26.8 Å². The number of anilines is 1. The third kappa shape index (κ3) is 6.27. The topological polar surface area (TPSA) is 79.5 Å². The molecule has 1 aromatic heterocycles. The minimum atomic E-state index is -0.155. The van der Waals surface area contributed by atoms with Crippen molar-refractivity contribution < 1.29 is 9.90 Å². The van der Waals surface area contributed by atoms with E-state index >= 15 is 0 Å². The van der Waals surface area contributed by atoms with Crippen LogP contribution in [0, 0.1) is 5.92 Å². The van der Waals surface area contributed by atoms with Crippen LogP contribution in [0.1, 0.15) is 62.2 Å². The van der Waals surface area contributed by atoms with Crippen molar-refractivity contribution in [1.29, 1.82) is 0 Å². The van der Waals surface area contributed by atoms with E-state index in [1.807, 2.05) is 12.1 Å². The number of fused-ring (bicyclic) bond motifs is 1. The molecule has 186 valence electrons. The molecule has 0 unspecified atom stereocenters. The molecule has 5 rings (SSSR count). The van der Waals surface area contributed by atoms with Crippen LogP contribution in [0.25, 0.3) is 22.0 Å². The Morgan fingerprint density at radius 3 is 2.31 bits per heavy atom. The molecule has 3 aromatic rings. The molecule has 35 heavy (non-hydrogen) atoms. The molecule has 2 heterocycles. The third-order valence-corrected chi connectivity index (χ3v) is 7.66. The normalized spacial score (nSPS) is 16.8. The summed E-state index contributed by atoms with van der Waals surface area (Å²) >= 11 is 11.9. The fourth-order valence-electron chi connectivity index (χ4n) is 5.11. The van der Waals surface area contributed by atoms with E-state index in [9.17, 15) is 9.90 Å². The third-order valence-electron chi connectivity index (χ3n) is 7.08. The number of pyridine rings is 1. The quantitative estimate of drug-likeness (QED) is 0.356. The van der Waals surface area contributed by atoms with E-state index < -0.39 is 0 Å². The van der Waals surface area contributed by atoms with Gasteiger partial charge in [0.25, 0.3) is 0 Å². The molecule has 2 aromatic carbocycles. The number of Topliss-reactive ketones (excluding diaryl/α,β-unsaturated/α-hetero) is 1. The van der Waals surface area contributed by atoms with Crippen molar-refractivity contribution in [3.05, 3.63) is 52.1 Å². The van der Waals surface area contributed by atoms with Gasteiger partial charge in [0.1, 0.15) is 0 Å². The number of likely N-dealkylation sites (tertiary alicyclic amines) is 1. The summed E-state index contributed by atoms with van der Waals surface area (Å²) in [5.74, 6) is 0.757. The zero-order valence-electron chi connectivity index (χ0n) is 20.2. The zero-order chi connectivity index (χ0) is 24.9.